The zero-order chi connectivity index (χ0) is 15.4. The number of thiazole rings is 1. The normalized spacial score (nSPS) is 26.5. The van der Waals surface area contributed by atoms with E-state index in [0.717, 1.165) is 30.5 Å². The number of hydrogen-bond donors (Lipinski definition) is 1. The van der Waals surface area contributed by atoms with Crippen LogP contribution in [0.25, 0.3) is 0 Å². The highest BCUT2D eigenvalue weighted by Crippen LogP contribution is 2.29. The lowest BCUT2D eigenvalue weighted by molar-refractivity contribution is 0.232. The molecular weight excluding hydrogens is 294 g/mol. The van der Waals surface area contributed by atoms with E-state index in [9.17, 15) is 0 Å². The second-order valence-corrected chi connectivity index (χ2v) is 7.74. The van der Waals surface area contributed by atoms with Crippen molar-refractivity contribution in [1.29, 1.82) is 0 Å². The molecule has 1 aromatic rings. The number of nitrogens with zero attached hydrogens (tertiary/aromatic N) is 2. The Morgan fingerprint density at radius 3 is 2.77 bits per heavy atom. The first-order chi connectivity index (χ1) is 10.7. The van der Waals surface area contributed by atoms with Gasteiger partial charge in [0.05, 0.1) is 12.3 Å². The van der Waals surface area contributed by atoms with Crippen molar-refractivity contribution >= 4 is 11.3 Å². The summed E-state index contributed by atoms with van der Waals surface area (Å²) in [6.07, 6.45) is 8.68. The van der Waals surface area contributed by atoms with Gasteiger partial charge in [-0.2, -0.15) is 0 Å². The zero-order valence-electron chi connectivity index (χ0n) is 13.7. The van der Waals surface area contributed by atoms with Crippen molar-refractivity contribution in [2.45, 2.75) is 57.9 Å². The SMILES string of the molecule is CCOc1nc2c(s1)CCN(CCC1CCC(N)CC1)CC2. The Kier molecular flexibility index (Phi) is 5.71. The molecule has 4 nitrogen and oxygen atoms in total. The monoisotopic (exact) mass is 323 g/mol. The van der Waals surface area contributed by atoms with Crippen molar-refractivity contribution in [3.8, 4) is 5.19 Å². The lowest BCUT2D eigenvalue weighted by Gasteiger charge is -2.28. The van der Waals surface area contributed by atoms with Crippen molar-refractivity contribution in [3.63, 3.8) is 0 Å². The molecule has 0 unspecified atom stereocenters. The van der Waals surface area contributed by atoms with Crippen molar-refractivity contribution in [3.05, 3.63) is 10.6 Å². The van der Waals surface area contributed by atoms with E-state index in [0.29, 0.717) is 12.6 Å². The zero-order valence-corrected chi connectivity index (χ0v) is 14.5. The molecule has 0 atom stereocenters. The molecule has 0 aromatic carbocycles. The number of rotatable bonds is 5. The highest BCUT2D eigenvalue weighted by atomic mass is 32.1. The molecule has 2 aliphatic rings. The molecule has 0 bridgehead atoms. The van der Waals surface area contributed by atoms with Gasteiger partial charge in [-0.3, -0.25) is 0 Å². The Balaban J connectivity index is 1.45. The van der Waals surface area contributed by atoms with Crippen molar-refractivity contribution < 1.29 is 4.74 Å². The fraction of sp³-hybridized carbons (Fsp3) is 0.824. The third-order valence-corrected chi connectivity index (χ3v) is 6.16. The number of ether oxygens (including phenoxy) is 1. The summed E-state index contributed by atoms with van der Waals surface area (Å²) < 4.78 is 5.55. The molecule has 3 rings (SSSR count). The van der Waals surface area contributed by atoms with Crippen LogP contribution in [0.4, 0.5) is 0 Å². The summed E-state index contributed by atoms with van der Waals surface area (Å²) in [6.45, 7) is 6.30. The summed E-state index contributed by atoms with van der Waals surface area (Å²) in [5.41, 5.74) is 7.28. The van der Waals surface area contributed by atoms with Gasteiger partial charge in [-0.15, -0.1) is 0 Å². The summed E-state index contributed by atoms with van der Waals surface area (Å²) >= 11 is 1.75. The highest BCUT2D eigenvalue weighted by Gasteiger charge is 2.21. The summed E-state index contributed by atoms with van der Waals surface area (Å²) in [5, 5.41) is 0.861. The van der Waals surface area contributed by atoms with E-state index in [4.69, 9.17) is 10.5 Å². The summed E-state index contributed by atoms with van der Waals surface area (Å²) in [7, 11) is 0. The smallest absolute Gasteiger partial charge is 0.273 e. The maximum absolute atomic E-state index is 6.00. The van der Waals surface area contributed by atoms with Crippen LogP contribution in [-0.2, 0) is 12.8 Å². The van der Waals surface area contributed by atoms with Gasteiger partial charge in [0.2, 0.25) is 0 Å². The topological polar surface area (TPSA) is 51.4 Å². The Hall–Kier alpha value is -0.650. The predicted molar refractivity (Wildman–Crippen MR) is 91.7 cm³/mol. The minimum absolute atomic E-state index is 0.469. The molecule has 1 aromatic heterocycles. The molecule has 2 N–H and O–H groups in total. The Morgan fingerprint density at radius 2 is 2.00 bits per heavy atom. The molecular formula is C17H29N3OS. The molecule has 1 fully saturated rings. The Bertz CT molecular complexity index is 443. The Morgan fingerprint density at radius 1 is 1.23 bits per heavy atom. The number of fused-ring (bicyclic) bond motifs is 1. The van der Waals surface area contributed by atoms with Crippen LogP contribution in [0.5, 0.6) is 5.19 Å². The van der Waals surface area contributed by atoms with Crippen LogP contribution in [-0.4, -0.2) is 42.2 Å². The minimum Gasteiger partial charge on any atom is -0.470 e. The van der Waals surface area contributed by atoms with Gasteiger partial charge >= 0.3 is 0 Å². The van der Waals surface area contributed by atoms with Crippen LogP contribution < -0.4 is 10.5 Å². The van der Waals surface area contributed by atoms with Gasteiger partial charge < -0.3 is 15.4 Å². The predicted octanol–water partition coefficient (Wildman–Crippen LogP) is 2.85. The molecule has 1 aliphatic carbocycles. The average molecular weight is 324 g/mol. The molecule has 1 saturated carbocycles. The maximum atomic E-state index is 6.00. The molecule has 0 radical (unpaired) electrons. The molecule has 0 saturated heterocycles. The van der Waals surface area contributed by atoms with Crippen molar-refractivity contribution in [2.75, 3.05) is 26.2 Å². The van der Waals surface area contributed by atoms with Gasteiger partial charge in [0.1, 0.15) is 0 Å². The van der Waals surface area contributed by atoms with Crippen LogP contribution in [0, 0.1) is 5.92 Å². The van der Waals surface area contributed by atoms with Gasteiger partial charge in [0.25, 0.3) is 5.19 Å². The molecule has 2 heterocycles. The van der Waals surface area contributed by atoms with Gasteiger partial charge in [-0.25, -0.2) is 4.98 Å². The minimum atomic E-state index is 0.469. The molecule has 0 spiro atoms. The molecule has 124 valence electrons. The van der Waals surface area contributed by atoms with Crippen LogP contribution in [0.3, 0.4) is 0 Å². The van der Waals surface area contributed by atoms with Crippen LogP contribution in [0.2, 0.25) is 0 Å². The standard InChI is InChI=1S/C17H29N3OS/c1-2-21-17-19-15-8-11-20(12-9-16(15)22-17)10-7-13-3-5-14(18)6-4-13/h13-14H,2-12,18H2,1H3. The second-order valence-electron chi connectivity index (χ2n) is 6.69. The average Bonchev–Trinajstić information content (AvgIpc) is 2.81. The summed E-state index contributed by atoms with van der Waals surface area (Å²) in [6, 6.07) is 0.469. The Labute approximate surface area is 138 Å². The second kappa shape index (κ2) is 7.75. The van der Waals surface area contributed by atoms with E-state index < -0.39 is 0 Å². The van der Waals surface area contributed by atoms with E-state index in [1.165, 1.54) is 55.8 Å². The molecule has 1 aliphatic heterocycles. The molecule has 5 heteroatoms. The lowest BCUT2D eigenvalue weighted by atomic mass is 9.84. The largest absolute Gasteiger partial charge is 0.470 e. The third-order valence-electron chi connectivity index (χ3n) is 5.09. The number of nitrogens with two attached hydrogens (primary N) is 1. The van der Waals surface area contributed by atoms with Crippen LogP contribution >= 0.6 is 11.3 Å². The quantitative estimate of drug-likeness (QED) is 0.905. The lowest BCUT2D eigenvalue weighted by Crippen LogP contribution is -2.31. The third kappa shape index (κ3) is 4.21. The van der Waals surface area contributed by atoms with E-state index in [2.05, 4.69) is 9.88 Å². The van der Waals surface area contributed by atoms with Gasteiger partial charge in [-0.05, 0) is 57.9 Å². The van der Waals surface area contributed by atoms with E-state index in [-0.39, 0.29) is 0 Å². The molecule has 22 heavy (non-hydrogen) atoms. The van der Waals surface area contributed by atoms with Crippen molar-refractivity contribution in [2.24, 2.45) is 11.7 Å². The summed E-state index contributed by atoms with van der Waals surface area (Å²) in [4.78, 5) is 8.72. The highest BCUT2D eigenvalue weighted by molar-refractivity contribution is 7.13. The first-order valence-electron chi connectivity index (χ1n) is 8.84. The van der Waals surface area contributed by atoms with Crippen LogP contribution in [0.15, 0.2) is 0 Å². The number of aromatic nitrogens is 1. The maximum Gasteiger partial charge on any atom is 0.273 e. The van der Waals surface area contributed by atoms with Gasteiger partial charge in [0.15, 0.2) is 0 Å². The molecule has 0 amide bonds. The fourth-order valence-electron chi connectivity index (χ4n) is 3.64. The van der Waals surface area contributed by atoms with Crippen molar-refractivity contribution in [1.82, 2.24) is 9.88 Å². The first-order valence-corrected chi connectivity index (χ1v) is 9.65. The summed E-state index contributed by atoms with van der Waals surface area (Å²) in [5.74, 6) is 0.903. The van der Waals surface area contributed by atoms with Gasteiger partial charge in [0, 0.05) is 30.4 Å². The van der Waals surface area contributed by atoms with E-state index in [1.54, 1.807) is 11.3 Å². The number of hydrogen-bond acceptors (Lipinski definition) is 5. The van der Waals surface area contributed by atoms with Gasteiger partial charge in [-0.1, -0.05) is 11.3 Å². The van der Waals surface area contributed by atoms with Crippen LogP contribution in [0.1, 0.15) is 49.6 Å². The van der Waals surface area contributed by atoms with E-state index in [1.807, 2.05) is 6.92 Å². The van der Waals surface area contributed by atoms with E-state index >= 15 is 0 Å². The fourth-order valence-corrected chi connectivity index (χ4v) is 4.64. The first kappa shape index (κ1) is 16.2.